The van der Waals surface area contributed by atoms with E-state index >= 15 is 0 Å². The largest absolute Gasteiger partial charge is 0.393 e. The quantitative estimate of drug-likeness (QED) is 0.836. The number of ketones is 1. The van der Waals surface area contributed by atoms with E-state index in [1.807, 2.05) is 6.07 Å². The first kappa shape index (κ1) is 13.8. The molecule has 1 N–H and O–H groups in total. The number of aliphatic hydroxyl groups is 1. The van der Waals surface area contributed by atoms with E-state index in [2.05, 4.69) is 19.2 Å². The average molecular weight is 266 g/mol. The van der Waals surface area contributed by atoms with Crippen LogP contribution in [0.4, 0.5) is 0 Å². The van der Waals surface area contributed by atoms with Gasteiger partial charge < -0.3 is 5.11 Å². The molecule has 1 fully saturated rings. The maximum atomic E-state index is 12.2. The predicted octanol–water partition coefficient (Wildman–Crippen LogP) is 4.00. The summed E-state index contributed by atoms with van der Waals surface area (Å²) in [7, 11) is 0. The number of carbonyl (C=O) groups is 1. The Morgan fingerprint density at radius 3 is 2.78 bits per heavy atom. The van der Waals surface area contributed by atoms with Crippen LogP contribution in [-0.2, 0) is 0 Å². The molecule has 1 aromatic rings. The molecule has 0 saturated heterocycles. The topological polar surface area (TPSA) is 37.3 Å². The molecule has 1 saturated carbocycles. The van der Waals surface area contributed by atoms with Gasteiger partial charge in [0, 0.05) is 6.42 Å². The molecule has 18 heavy (non-hydrogen) atoms. The lowest BCUT2D eigenvalue weighted by atomic mass is 9.83. The Labute approximate surface area is 113 Å². The van der Waals surface area contributed by atoms with Gasteiger partial charge >= 0.3 is 0 Å². The number of Topliss-reactive ketones (excluding diaryl/α,β-unsaturated/α-hetero) is 1. The first-order valence-electron chi connectivity index (χ1n) is 6.87. The van der Waals surface area contributed by atoms with E-state index in [1.54, 1.807) is 11.3 Å². The Hall–Kier alpha value is -0.670. The van der Waals surface area contributed by atoms with Crippen LogP contribution in [0, 0.1) is 5.92 Å². The van der Waals surface area contributed by atoms with Gasteiger partial charge in [-0.15, -0.1) is 11.3 Å². The van der Waals surface area contributed by atoms with Crippen molar-refractivity contribution in [3.8, 4) is 0 Å². The normalized spacial score (nSPS) is 24.4. The fraction of sp³-hybridized carbons (Fsp3) is 0.667. The molecule has 1 aromatic heterocycles. The highest BCUT2D eigenvalue weighted by Gasteiger charge is 2.26. The second-order valence-electron chi connectivity index (χ2n) is 5.64. The van der Waals surface area contributed by atoms with Gasteiger partial charge in [-0.1, -0.05) is 26.7 Å². The predicted molar refractivity (Wildman–Crippen MR) is 75.3 cm³/mol. The number of aliphatic hydroxyl groups excluding tert-OH is 1. The van der Waals surface area contributed by atoms with Crippen molar-refractivity contribution in [3.05, 3.63) is 21.9 Å². The molecule has 0 spiro atoms. The summed E-state index contributed by atoms with van der Waals surface area (Å²) in [4.78, 5) is 13.1. The fourth-order valence-corrected chi connectivity index (χ4v) is 3.59. The van der Waals surface area contributed by atoms with Crippen LogP contribution in [-0.4, -0.2) is 17.0 Å². The van der Waals surface area contributed by atoms with Crippen molar-refractivity contribution in [2.45, 2.75) is 58.0 Å². The molecule has 0 unspecified atom stereocenters. The summed E-state index contributed by atoms with van der Waals surface area (Å²) in [5, 5.41) is 12.0. The second kappa shape index (κ2) is 5.98. The van der Waals surface area contributed by atoms with Crippen molar-refractivity contribution < 1.29 is 9.90 Å². The molecule has 1 aliphatic rings. The monoisotopic (exact) mass is 266 g/mol. The van der Waals surface area contributed by atoms with Crippen molar-refractivity contribution in [3.63, 3.8) is 0 Å². The van der Waals surface area contributed by atoms with E-state index in [4.69, 9.17) is 0 Å². The van der Waals surface area contributed by atoms with Gasteiger partial charge in [0.05, 0.1) is 11.0 Å². The Bertz CT molecular complexity index is 408. The lowest BCUT2D eigenvalue weighted by Gasteiger charge is -2.26. The summed E-state index contributed by atoms with van der Waals surface area (Å²) in [6, 6.07) is 2.02. The summed E-state index contributed by atoms with van der Waals surface area (Å²) in [5.41, 5.74) is 1.24. The highest BCUT2D eigenvalue weighted by atomic mass is 32.1. The lowest BCUT2D eigenvalue weighted by Crippen LogP contribution is -2.26. The fourth-order valence-electron chi connectivity index (χ4n) is 2.56. The lowest BCUT2D eigenvalue weighted by molar-refractivity contribution is 0.0585. The van der Waals surface area contributed by atoms with Gasteiger partial charge in [-0.25, -0.2) is 0 Å². The number of carbonyl (C=O) groups excluding carboxylic acids is 1. The van der Waals surface area contributed by atoms with Crippen molar-refractivity contribution in [1.82, 2.24) is 0 Å². The van der Waals surface area contributed by atoms with E-state index in [0.29, 0.717) is 12.3 Å². The van der Waals surface area contributed by atoms with Crippen LogP contribution in [0.1, 0.15) is 67.1 Å². The summed E-state index contributed by atoms with van der Waals surface area (Å²) in [6.07, 6.45) is 4.35. The summed E-state index contributed by atoms with van der Waals surface area (Å²) in [6.45, 7) is 4.28. The Kier molecular flexibility index (Phi) is 4.57. The van der Waals surface area contributed by atoms with Gasteiger partial charge in [0.2, 0.25) is 0 Å². The van der Waals surface area contributed by atoms with E-state index in [9.17, 15) is 9.90 Å². The number of hydrogen-bond acceptors (Lipinski definition) is 3. The van der Waals surface area contributed by atoms with Gasteiger partial charge in [-0.05, 0) is 41.7 Å². The molecule has 2 rings (SSSR count). The molecule has 2 nitrogen and oxygen atoms in total. The van der Waals surface area contributed by atoms with Crippen LogP contribution >= 0.6 is 11.3 Å². The Balaban J connectivity index is 1.98. The maximum Gasteiger partial charge on any atom is 0.173 e. The molecule has 1 aliphatic carbocycles. The van der Waals surface area contributed by atoms with Gasteiger partial charge in [0.25, 0.3) is 0 Å². The average Bonchev–Trinajstić information content (AvgIpc) is 2.81. The second-order valence-corrected chi connectivity index (χ2v) is 6.55. The number of hydrogen-bond donors (Lipinski definition) is 1. The van der Waals surface area contributed by atoms with Crippen LogP contribution in [0.2, 0.25) is 0 Å². The highest BCUT2D eigenvalue weighted by molar-refractivity contribution is 7.12. The van der Waals surface area contributed by atoms with Crippen LogP contribution in [0.3, 0.4) is 0 Å². The van der Waals surface area contributed by atoms with Crippen LogP contribution in [0.15, 0.2) is 11.4 Å². The summed E-state index contributed by atoms with van der Waals surface area (Å²) < 4.78 is 0. The van der Waals surface area contributed by atoms with Crippen molar-refractivity contribution >= 4 is 17.1 Å². The minimum absolute atomic E-state index is 0.177. The van der Waals surface area contributed by atoms with E-state index < -0.39 is 0 Å². The molecular weight excluding hydrogens is 244 g/mol. The zero-order chi connectivity index (χ0) is 13.1. The first-order chi connectivity index (χ1) is 8.58. The highest BCUT2D eigenvalue weighted by Crippen LogP contribution is 2.30. The van der Waals surface area contributed by atoms with Crippen molar-refractivity contribution in [2.24, 2.45) is 5.92 Å². The molecule has 0 radical (unpaired) electrons. The van der Waals surface area contributed by atoms with Crippen molar-refractivity contribution in [1.29, 1.82) is 0 Å². The molecule has 2 atom stereocenters. The molecule has 1 heterocycles. The molecule has 0 aromatic carbocycles. The molecule has 100 valence electrons. The minimum Gasteiger partial charge on any atom is -0.393 e. The zero-order valence-electron chi connectivity index (χ0n) is 11.2. The smallest absolute Gasteiger partial charge is 0.173 e. The molecule has 0 aliphatic heterocycles. The standard InChI is InChI=1S/C15H22O2S/c1-10(2)12-8-15(18-9-12)14(17)7-11-5-3-4-6-13(11)16/h8-11,13,16H,3-7H2,1-2H3/t11-,13+/m0/s1. The van der Waals surface area contributed by atoms with E-state index in [1.165, 1.54) is 5.56 Å². The van der Waals surface area contributed by atoms with E-state index in [0.717, 1.165) is 30.6 Å². The summed E-state index contributed by atoms with van der Waals surface area (Å²) in [5.74, 6) is 0.858. The van der Waals surface area contributed by atoms with Gasteiger partial charge in [-0.2, -0.15) is 0 Å². The third-order valence-corrected chi connectivity index (χ3v) is 4.87. The van der Waals surface area contributed by atoms with Gasteiger partial charge in [-0.3, -0.25) is 4.79 Å². The number of thiophene rings is 1. The maximum absolute atomic E-state index is 12.2. The van der Waals surface area contributed by atoms with Crippen LogP contribution in [0.5, 0.6) is 0 Å². The summed E-state index contributed by atoms with van der Waals surface area (Å²) >= 11 is 1.54. The Morgan fingerprint density at radius 2 is 2.17 bits per heavy atom. The number of rotatable bonds is 4. The minimum atomic E-state index is -0.271. The van der Waals surface area contributed by atoms with Crippen LogP contribution in [0.25, 0.3) is 0 Å². The molecular formula is C15H22O2S. The van der Waals surface area contributed by atoms with E-state index in [-0.39, 0.29) is 17.8 Å². The van der Waals surface area contributed by atoms with Gasteiger partial charge in [0.1, 0.15) is 0 Å². The molecule has 0 bridgehead atoms. The molecule has 0 amide bonds. The molecule has 3 heteroatoms. The first-order valence-corrected chi connectivity index (χ1v) is 7.75. The third kappa shape index (κ3) is 3.21. The SMILES string of the molecule is CC(C)c1csc(C(=O)C[C@@H]2CCCC[C@H]2O)c1. The third-order valence-electron chi connectivity index (χ3n) is 3.88. The van der Waals surface area contributed by atoms with Crippen LogP contribution < -0.4 is 0 Å². The van der Waals surface area contributed by atoms with Gasteiger partial charge in [0.15, 0.2) is 5.78 Å². The van der Waals surface area contributed by atoms with Crippen molar-refractivity contribution in [2.75, 3.05) is 0 Å². The Morgan fingerprint density at radius 1 is 1.44 bits per heavy atom. The zero-order valence-corrected chi connectivity index (χ0v) is 12.0.